The summed E-state index contributed by atoms with van der Waals surface area (Å²) in [7, 11) is -1.54. The molecule has 0 aliphatic carbocycles. The molecule has 0 saturated heterocycles. The van der Waals surface area contributed by atoms with E-state index in [-0.39, 0.29) is 0 Å². The van der Waals surface area contributed by atoms with E-state index in [0.29, 0.717) is 0 Å². The molecule has 0 atom stereocenters. The smallest absolute Gasteiger partial charge is 0.208 e. The third kappa shape index (κ3) is 9.04. The molecule has 13 heavy (non-hydrogen) atoms. The molecular weight excluding hydrogens is 186 g/mol. The molecule has 1 aromatic rings. The van der Waals surface area contributed by atoms with Gasteiger partial charge in [0, 0.05) is 0 Å². The molecule has 1 rings (SSSR count). The molecule has 3 nitrogen and oxygen atoms in total. The number of sulfonamides is 1. The minimum atomic E-state index is -2.91. The van der Waals surface area contributed by atoms with Crippen LogP contribution < -0.4 is 4.72 Å². The summed E-state index contributed by atoms with van der Waals surface area (Å²) >= 11 is 0. The molecule has 0 aliphatic heterocycles. The molecule has 4 heteroatoms. The van der Waals surface area contributed by atoms with Gasteiger partial charge < -0.3 is 0 Å². The summed E-state index contributed by atoms with van der Waals surface area (Å²) in [5.74, 6) is 0. The average Bonchev–Trinajstić information content (AvgIpc) is 2.06. The van der Waals surface area contributed by atoms with Crippen LogP contribution in [-0.4, -0.2) is 21.7 Å². The van der Waals surface area contributed by atoms with Crippen LogP contribution in [0.25, 0.3) is 0 Å². The maximum Gasteiger partial charge on any atom is 0.208 e. The molecule has 0 aromatic heterocycles. The van der Waals surface area contributed by atoms with Crippen LogP contribution in [0.4, 0.5) is 0 Å². The van der Waals surface area contributed by atoms with Gasteiger partial charge in [-0.3, -0.25) is 0 Å². The van der Waals surface area contributed by atoms with Gasteiger partial charge in [-0.05, 0) is 14.0 Å². The van der Waals surface area contributed by atoms with E-state index in [9.17, 15) is 8.42 Å². The van der Waals surface area contributed by atoms with Gasteiger partial charge in [0.1, 0.15) is 0 Å². The zero-order valence-electron chi connectivity index (χ0n) is 8.11. The predicted octanol–water partition coefficient (Wildman–Crippen LogP) is 1.16. The number of hydrogen-bond acceptors (Lipinski definition) is 2. The molecule has 0 amide bonds. The Labute approximate surface area is 79.8 Å². The van der Waals surface area contributed by atoms with E-state index >= 15 is 0 Å². The number of aryl methyl sites for hydroxylation is 1. The largest absolute Gasteiger partial charge is 0.219 e. The maximum absolute atomic E-state index is 9.89. The lowest BCUT2D eigenvalue weighted by Crippen LogP contribution is -2.15. The van der Waals surface area contributed by atoms with Gasteiger partial charge in [-0.1, -0.05) is 35.9 Å². The van der Waals surface area contributed by atoms with Crippen LogP contribution >= 0.6 is 0 Å². The van der Waals surface area contributed by atoms with Gasteiger partial charge in [0.05, 0.1) is 6.26 Å². The van der Waals surface area contributed by atoms with E-state index in [1.54, 1.807) is 0 Å². The first-order chi connectivity index (χ1) is 5.95. The average molecular weight is 201 g/mol. The van der Waals surface area contributed by atoms with Crippen molar-refractivity contribution in [2.24, 2.45) is 0 Å². The lowest BCUT2D eigenvalue weighted by atomic mass is 10.2. The minimum Gasteiger partial charge on any atom is -0.219 e. The normalized spacial score (nSPS) is 10.1. The van der Waals surface area contributed by atoms with Crippen molar-refractivity contribution < 1.29 is 8.42 Å². The molecule has 0 fully saturated rings. The fourth-order valence-corrected chi connectivity index (χ4v) is 0.534. The maximum atomic E-state index is 9.89. The van der Waals surface area contributed by atoms with E-state index in [1.165, 1.54) is 12.6 Å². The molecular formula is C9H15NO2S. The van der Waals surface area contributed by atoms with E-state index in [4.69, 9.17) is 0 Å². The van der Waals surface area contributed by atoms with Crippen molar-refractivity contribution in [3.05, 3.63) is 35.9 Å². The van der Waals surface area contributed by atoms with Crippen LogP contribution in [0.3, 0.4) is 0 Å². The molecule has 0 radical (unpaired) electrons. The Bertz CT molecular complexity index is 319. The highest BCUT2D eigenvalue weighted by atomic mass is 32.2. The minimum absolute atomic E-state index is 1.10. The van der Waals surface area contributed by atoms with Gasteiger partial charge in [-0.2, -0.15) is 0 Å². The van der Waals surface area contributed by atoms with E-state index < -0.39 is 10.0 Å². The zero-order chi connectivity index (χ0) is 10.3. The first-order valence-corrected chi connectivity index (χ1v) is 5.75. The third-order valence-corrected chi connectivity index (χ3v) is 2.05. The highest BCUT2D eigenvalue weighted by Gasteiger charge is 1.88. The van der Waals surface area contributed by atoms with Crippen LogP contribution in [0, 0.1) is 6.92 Å². The molecule has 74 valence electrons. The standard InChI is InChI=1S/C7H8.C2H7NO2S/c1-7-5-3-2-4-6-7;1-3-6(2,4)5/h2-6H,1H3;3H,1-2H3. The van der Waals surface area contributed by atoms with Crippen molar-refractivity contribution >= 4 is 10.0 Å². The number of benzene rings is 1. The number of hydrogen-bond donors (Lipinski definition) is 1. The summed E-state index contributed by atoms with van der Waals surface area (Å²) in [6, 6.07) is 10.3. The SMILES string of the molecule is CNS(C)(=O)=O.Cc1ccccc1. The Balaban J connectivity index is 0.000000226. The summed E-state index contributed by atoms with van der Waals surface area (Å²) in [6.45, 7) is 2.08. The molecule has 0 spiro atoms. The van der Waals surface area contributed by atoms with Gasteiger partial charge >= 0.3 is 0 Å². The quantitative estimate of drug-likeness (QED) is 0.741. The lowest BCUT2D eigenvalue weighted by molar-refractivity contribution is 0.594. The zero-order valence-corrected chi connectivity index (χ0v) is 8.93. The summed E-state index contributed by atoms with van der Waals surface area (Å²) in [4.78, 5) is 0. The Kier molecular flexibility index (Phi) is 5.34. The van der Waals surface area contributed by atoms with Gasteiger partial charge in [-0.25, -0.2) is 13.1 Å². The predicted molar refractivity (Wildman–Crippen MR) is 55.1 cm³/mol. The molecule has 1 aromatic carbocycles. The van der Waals surface area contributed by atoms with Crippen molar-refractivity contribution in [1.29, 1.82) is 0 Å². The van der Waals surface area contributed by atoms with Crippen LogP contribution in [-0.2, 0) is 10.0 Å². The highest BCUT2D eigenvalue weighted by molar-refractivity contribution is 7.88. The summed E-state index contributed by atoms with van der Waals surface area (Å²) in [5, 5.41) is 0. The van der Waals surface area contributed by atoms with Gasteiger partial charge in [0.2, 0.25) is 10.0 Å². The van der Waals surface area contributed by atoms with Gasteiger partial charge in [-0.15, -0.1) is 0 Å². The molecule has 0 saturated carbocycles. The molecule has 0 bridgehead atoms. The van der Waals surface area contributed by atoms with Gasteiger partial charge in [0.15, 0.2) is 0 Å². The van der Waals surface area contributed by atoms with Gasteiger partial charge in [0.25, 0.3) is 0 Å². The number of rotatable bonds is 1. The second kappa shape index (κ2) is 5.72. The fraction of sp³-hybridized carbons (Fsp3) is 0.333. The van der Waals surface area contributed by atoms with Crippen LogP contribution in [0.2, 0.25) is 0 Å². The fourth-order valence-electron chi connectivity index (χ4n) is 0.534. The topological polar surface area (TPSA) is 46.2 Å². The van der Waals surface area contributed by atoms with Crippen LogP contribution in [0.5, 0.6) is 0 Å². The second-order valence-electron chi connectivity index (χ2n) is 2.63. The molecule has 0 unspecified atom stereocenters. The van der Waals surface area contributed by atoms with Crippen LogP contribution in [0.15, 0.2) is 30.3 Å². The van der Waals surface area contributed by atoms with Crippen molar-refractivity contribution in [1.82, 2.24) is 4.72 Å². The van der Waals surface area contributed by atoms with Crippen molar-refractivity contribution in [3.63, 3.8) is 0 Å². The lowest BCUT2D eigenvalue weighted by Gasteiger charge is -1.85. The summed E-state index contributed by atoms with van der Waals surface area (Å²) in [6.07, 6.45) is 1.10. The number of nitrogens with one attached hydrogen (secondary N) is 1. The summed E-state index contributed by atoms with van der Waals surface area (Å²) < 4.78 is 21.9. The molecule has 0 heterocycles. The Morgan fingerprint density at radius 3 is 1.69 bits per heavy atom. The van der Waals surface area contributed by atoms with Crippen molar-refractivity contribution in [2.75, 3.05) is 13.3 Å². The summed E-state index contributed by atoms with van der Waals surface area (Å²) in [5.41, 5.74) is 1.32. The van der Waals surface area contributed by atoms with Crippen molar-refractivity contribution in [3.8, 4) is 0 Å². The monoisotopic (exact) mass is 201 g/mol. The molecule has 1 N–H and O–H groups in total. The Hall–Kier alpha value is -0.870. The second-order valence-corrected chi connectivity index (χ2v) is 4.58. The highest BCUT2D eigenvalue weighted by Crippen LogP contribution is 1.92. The first kappa shape index (κ1) is 12.1. The molecule has 0 aliphatic rings. The van der Waals surface area contributed by atoms with Crippen molar-refractivity contribution in [2.45, 2.75) is 6.92 Å². The van der Waals surface area contributed by atoms with E-state index in [1.807, 2.05) is 18.2 Å². The Morgan fingerprint density at radius 2 is 1.54 bits per heavy atom. The Morgan fingerprint density at radius 1 is 1.15 bits per heavy atom. The van der Waals surface area contributed by atoms with E-state index in [0.717, 1.165) is 6.26 Å². The third-order valence-electron chi connectivity index (χ3n) is 1.31. The van der Waals surface area contributed by atoms with E-state index in [2.05, 4.69) is 23.8 Å². The first-order valence-electron chi connectivity index (χ1n) is 3.86. The van der Waals surface area contributed by atoms with Crippen LogP contribution in [0.1, 0.15) is 5.56 Å².